The molecule has 0 spiro atoms. The van der Waals surface area contributed by atoms with E-state index in [1.165, 1.54) is 6.07 Å². The normalized spacial score (nSPS) is 9.81. The quantitative estimate of drug-likeness (QED) is 0.347. The lowest BCUT2D eigenvalue weighted by Gasteiger charge is -2.05. The van der Waals surface area contributed by atoms with Crippen molar-refractivity contribution < 1.29 is 9.66 Å². The van der Waals surface area contributed by atoms with Crippen molar-refractivity contribution in [2.75, 3.05) is 6.61 Å². The van der Waals surface area contributed by atoms with Gasteiger partial charge in [-0.25, -0.2) is 0 Å². The van der Waals surface area contributed by atoms with Crippen molar-refractivity contribution in [2.45, 2.75) is 12.8 Å². The van der Waals surface area contributed by atoms with E-state index in [4.69, 9.17) is 4.74 Å². The second kappa shape index (κ2) is 6.27. The molecule has 1 aromatic carbocycles. The molecule has 16 heavy (non-hydrogen) atoms. The van der Waals surface area contributed by atoms with Crippen LogP contribution in [0.15, 0.2) is 35.3 Å². The number of benzene rings is 1. The Hall–Kier alpha value is -1.36. The Labute approximate surface area is 102 Å². The highest BCUT2D eigenvalue weighted by atomic mass is 79.9. The highest BCUT2D eigenvalue weighted by Gasteiger charge is 2.14. The van der Waals surface area contributed by atoms with Gasteiger partial charge in [0.25, 0.3) is 0 Å². The molecule has 0 saturated carbocycles. The molecule has 0 aromatic heterocycles. The summed E-state index contributed by atoms with van der Waals surface area (Å²) in [5, 5.41) is 10.8. The number of unbranched alkanes of at least 4 members (excludes halogenated alkanes) is 1. The molecular formula is C11H12BrNO3. The molecule has 1 aromatic rings. The molecule has 0 bridgehead atoms. The number of ether oxygens (including phenoxy) is 1. The lowest BCUT2D eigenvalue weighted by atomic mass is 10.3. The Morgan fingerprint density at radius 2 is 2.31 bits per heavy atom. The van der Waals surface area contributed by atoms with Gasteiger partial charge in [0.1, 0.15) is 0 Å². The summed E-state index contributed by atoms with van der Waals surface area (Å²) < 4.78 is 6.01. The van der Waals surface area contributed by atoms with Crippen LogP contribution < -0.4 is 4.74 Å². The molecule has 5 heteroatoms. The molecule has 0 aliphatic rings. The first-order valence-corrected chi connectivity index (χ1v) is 5.62. The number of rotatable bonds is 6. The van der Waals surface area contributed by atoms with Crippen LogP contribution in [0.5, 0.6) is 5.75 Å². The van der Waals surface area contributed by atoms with Crippen molar-refractivity contribution in [2.24, 2.45) is 0 Å². The highest BCUT2D eigenvalue weighted by Crippen LogP contribution is 2.30. The Balaban J connectivity index is 2.71. The Bertz CT molecular complexity index is 393. The van der Waals surface area contributed by atoms with Crippen LogP contribution in [0.3, 0.4) is 0 Å². The van der Waals surface area contributed by atoms with E-state index in [9.17, 15) is 10.1 Å². The average Bonchev–Trinajstić information content (AvgIpc) is 2.26. The minimum Gasteiger partial charge on any atom is -0.487 e. The first-order chi connectivity index (χ1) is 7.65. The molecule has 0 N–H and O–H groups in total. The fourth-order valence-electron chi connectivity index (χ4n) is 1.17. The molecule has 0 unspecified atom stereocenters. The number of nitrogens with zero attached hydrogens (tertiary/aromatic N) is 1. The maximum Gasteiger partial charge on any atom is 0.312 e. The minimum atomic E-state index is -0.451. The van der Waals surface area contributed by atoms with Crippen LogP contribution in [0.4, 0.5) is 5.69 Å². The van der Waals surface area contributed by atoms with Crippen molar-refractivity contribution in [3.63, 3.8) is 0 Å². The molecule has 0 aliphatic heterocycles. The Kier molecular flexibility index (Phi) is 4.98. The SMILES string of the molecule is C=CCCCOc1ccc(Br)cc1[N+](=O)[O-]. The Morgan fingerprint density at radius 3 is 2.94 bits per heavy atom. The minimum absolute atomic E-state index is 0.0204. The number of hydrogen-bond acceptors (Lipinski definition) is 3. The standard InChI is InChI=1S/C11H12BrNO3/c1-2-3-4-7-16-11-6-5-9(12)8-10(11)13(14)15/h2,5-6,8H,1,3-4,7H2. The van der Waals surface area contributed by atoms with Gasteiger partial charge in [-0.1, -0.05) is 22.0 Å². The molecule has 0 aliphatic carbocycles. The first-order valence-electron chi connectivity index (χ1n) is 4.83. The largest absolute Gasteiger partial charge is 0.487 e. The van der Waals surface area contributed by atoms with Gasteiger partial charge in [-0.05, 0) is 25.0 Å². The summed E-state index contributed by atoms with van der Waals surface area (Å²) in [5.41, 5.74) is -0.0204. The third-order valence-corrected chi connectivity index (χ3v) is 2.42. The fourth-order valence-corrected chi connectivity index (χ4v) is 1.51. The van der Waals surface area contributed by atoms with Crippen molar-refractivity contribution in [1.29, 1.82) is 0 Å². The summed E-state index contributed by atoms with van der Waals surface area (Å²) in [6.07, 6.45) is 3.43. The number of hydrogen-bond donors (Lipinski definition) is 0. The number of nitro groups is 1. The predicted molar refractivity (Wildman–Crippen MR) is 65.7 cm³/mol. The van der Waals surface area contributed by atoms with Gasteiger partial charge in [0.05, 0.1) is 11.5 Å². The zero-order valence-electron chi connectivity index (χ0n) is 8.69. The zero-order valence-corrected chi connectivity index (χ0v) is 10.3. The fraction of sp³-hybridized carbons (Fsp3) is 0.273. The molecule has 0 radical (unpaired) electrons. The van der Waals surface area contributed by atoms with Gasteiger partial charge in [-0.2, -0.15) is 0 Å². The molecule has 86 valence electrons. The maximum absolute atomic E-state index is 10.8. The molecule has 0 saturated heterocycles. The van der Waals surface area contributed by atoms with Gasteiger partial charge >= 0.3 is 5.69 Å². The summed E-state index contributed by atoms with van der Waals surface area (Å²) in [4.78, 5) is 10.3. The van der Waals surface area contributed by atoms with Crippen LogP contribution in [0.2, 0.25) is 0 Å². The number of allylic oxidation sites excluding steroid dienone is 1. The zero-order chi connectivity index (χ0) is 12.0. The number of nitro benzene ring substituents is 1. The van der Waals surface area contributed by atoms with E-state index in [1.54, 1.807) is 18.2 Å². The highest BCUT2D eigenvalue weighted by molar-refractivity contribution is 9.10. The number of halogens is 1. The van der Waals surface area contributed by atoms with Crippen LogP contribution in [-0.2, 0) is 0 Å². The van der Waals surface area contributed by atoms with Crippen LogP contribution in [0.1, 0.15) is 12.8 Å². The molecule has 0 heterocycles. The third kappa shape index (κ3) is 3.66. The van der Waals surface area contributed by atoms with E-state index in [0.29, 0.717) is 16.8 Å². The van der Waals surface area contributed by atoms with E-state index in [0.717, 1.165) is 12.8 Å². The summed E-state index contributed by atoms with van der Waals surface area (Å²) in [6.45, 7) is 4.05. The molecule has 0 atom stereocenters. The molecule has 4 nitrogen and oxygen atoms in total. The molecule has 0 fully saturated rings. The van der Waals surface area contributed by atoms with Gasteiger partial charge in [0.2, 0.25) is 0 Å². The smallest absolute Gasteiger partial charge is 0.312 e. The predicted octanol–water partition coefficient (Wildman–Crippen LogP) is 3.70. The third-order valence-electron chi connectivity index (χ3n) is 1.93. The van der Waals surface area contributed by atoms with E-state index >= 15 is 0 Å². The average molecular weight is 286 g/mol. The van der Waals surface area contributed by atoms with Crippen molar-refractivity contribution in [3.8, 4) is 5.75 Å². The van der Waals surface area contributed by atoms with Gasteiger partial charge < -0.3 is 4.74 Å². The summed E-state index contributed by atoms with van der Waals surface area (Å²) >= 11 is 3.18. The van der Waals surface area contributed by atoms with E-state index in [2.05, 4.69) is 22.5 Å². The van der Waals surface area contributed by atoms with Gasteiger partial charge in [0, 0.05) is 10.5 Å². The lowest BCUT2D eigenvalue weighted by molar-refractivity contribution is -0.385. The van der Waals surface area contributed by atoms with Crippen molar-refractivity contribution in [1.82, 2.24) is 0 Å². The molecular weight excluding hydrogens is 274 g/mol. The maximum atomic E-state index is 10.8. The summed E-state index contributed by atoms with van der Waals surface area (Å²) in [7, 11) is 0. The van der Waals surface area contributed by atoms with Crippen LogP contribution in [-0.4, -0.2) is 11.5 Å². The van der Waals surface area contributed by atoms with Crippen LogP contribution in [0.25, 0.3) is 0 Å². The summed E-state index contributed by atoms with van der Waals surface area (Å²) in [5.74, 6) is 0.303. The first kappa shape index (κ1) is 12.7. The van der Waals surface area contributed by atoms with Crippen molar-refractivity contribution >= 4 is 21.6 Å². The van der Waals surface area contributed by atoms with Crippen LogP contribution in [0, 0.1) is 10.1 Å². The van der Waals surface area contributed by atoms with Crippen molar-refractivity contribution in [3.05, 3.63) is 45.4 Å². The van der Waals surface area contributed by atoms with Gasteiger partial charge in [0.15, 0.2) is 5.75 Å². The lowest BCUT2D eigenvalue weighted by Crippen LogP contribution is -2.00. The molecule has 1 rings (SSSR count). The van der Waals surface area contributed by atoms with Crippen LogP contribution >= 0.6 is 15.9 Å². The van der Waals surface area contributed by atoms with E-state index < -0.39 is 4.92 Å². The topological polar surface area (TPSA) is 52.4 Å². The van der Waals surface area contributed by atoms with E-state index in [1.807, 2.05) is 0 Å². The van der Waals surface area contributed by atoms with Gasteiger partial charge in [-0.3, -0.25) is 10.1 Å². The summed E-state index contributed by atoms with van der Waals surface area (Å²) in [6, 6.07) is 4.74. The monoisotopic (exact) mass is 285 g/mol. The second-order valence-corrected chi connectivity index (χ2v) is 4.06. The second-order valence-electron chi connectivity index (χ2n) is 3.15. The van der Waals surface area contributed by atoms with Gasteiger partial charge in [-0.15, -0.1) is 6.58 Å². The molecule has 0 amide bonds. The van der Waals surface area contributed by atoms with E-state index in [-0.39, 0.29) is 5.69 Å². The Morgan fingerprint density at radius 1 is 1.56 bits per heavy atom.